The van der Waals surface area contributed by atoms with E-state index in [2.05, 4.69) is 15.3 Å². The van der Waals surface area contributed by atoms with Crippen LogP contribution in [0.4, 0.5) is 0 Å². The van der Waals surface area contributed by atoms with Gasteiger partial charge < -0.3 is 10.4 Å². The fourth-order valence-electron chi connectivity index (χ4n) is 2.81. The van der Waals surface area contributed by atoms with E-state index in [1.165, 1.54) is 6.20 Å². The number of carbonyl (C=O) groups is 1. The van der Waals surface area contributed by atoms with Crippen molar-refractivity contribution in [2.24, 2.45) is 5.92 Å². The van der Waals surface area contributed by atoms with E-state index in [9.17, 15) is 9.90 Å². The third-order valence-electron chi connectivity index (χ3n) is 4.07. The molecule has 1 heterocycles. The van der Waals surface area contributed by atoms with Crippen molar-refractivity contribution in [1.82, 2.24) is 15.3 Å². The monoisotopic (exact) mass is 285 g/mol. The SMILES string of the molecule is O=C(NCC1CCCCC1O)c1cnc2ccccc2n1. The van der Waals surface area contributed by atoms with Gasteiger partial charge in [-0.05, 0) is 25.0 Å². The van der Waals surface area contributed by atoms with Crippen LogP contribution in [0.25, 0.3) is 11.0 Å². The molecule has 2 unspecified atom stereocenters. The number of fused-ring (bicyclic) bond motifs is 1. The lowest BCUT2D eigenvalue weighted by molar-refractivity contribution is 0.0661. The highest BCUT2D eigenvalue weighted by atomic mass is 16.3. The van der Waals surface area contributed by atoms with Crippen LogP contribution in [0.5, 0.6) is 0 Å². The molecule has 3 rings (SSSR count). The van der Waals surface area contributed by atoms with E-state index in [-0.39, 0.29) is 17.9 Å². The lowest BCUT2D eigenvalue weighted by Gasteiger charge is -2.27. The Morgan fingerprint density at radius 1 is 1.24 bits per heavy atom. The summed E-state index contributed by atoms with van der Waals surface area (Å²) in [5.74, 6) is -0.0813. The molecule has 5 heteroatoms. The van der Waals surface area contributed by atoms with E-state index in [1.54, 1.807) is 0 Å². The highest BCUT2D eigenvalue weighted by Gasteiger charge is 2.23. The molecule has 1 aromatic heterocycles. The van der Waals surface area contributed by atoms with Crippen LogP contribution in [0.15, 0.2) is 30.5 Å². The maximum Gasteiger partial charge on any atom is 0.271 e. The van der Waals surface area contributed by atoms with Crippen LogP contribution in [-0.2, 0) is 0 Å². The van der Waals surface area contributed by atoms with Gasteiger partial charge in [0.2, 0.25) is 0 Å². The van der Waals surface area contributed by atoms with Gasteiger partial charge in [-0.3, -0.25) is 9.78 Å². The number of amides is 1. The van der Waals surface area contributed by atoms with Crippen LogP contribution < -0.4 is 5.32 Å². The molecule has 0 aliphatic heterocycles. The average Bonchev–Trinajstić information content (AvgIpc) is 2.53. The molecule has 0 spiro atoms. The predicted molar refractivity (Wildman–Crippen MR) is 79.8 cm³/mol. The standard InChI is InChI=1S/C16H19N3O2/c20-15-8-4-1-5-11(15)9-18-16(21)14-10-17-12-6-2-3-7-13(12)19-14/h2-3,6-7,10-11,15,20H,1,4-5,8-9H2,(H,18,21). The van der Waals surface area contributed by atoms with E-state index in [0.29, 0.717) is 17.8 Å². The summed E-state index contributed by atoms with van der Waals surface area (Å²) in [6, 6.07) is 7.46. The predicted octanol–water partition coefficient (Wildman–Crippen LogP) is 1.91. The van der Waals surface area contributed by atoms with Crippen LogP contribution in [0.1, 0.15) is 36.2 Å². The second kappa shape index (κ2) is 6.18. The summed E-state index contributed by atoms with van der Waals surface area (Å²) >= 11 is 0. The van der Waals surface area contributed by atoms with E-state index < -0.39 is 0 Å². The lowest BCUT2D eigenvalue weighted by Crippen LogP contribution is -2.37. The van der Waals surface area contributed by atoms with Gasteiger partial charge in [0.05, 0.1) is 23.3 Å². The summed E-state index contributed by atoms with van der Waals surface area (Å²) in [5.41, 5.74) is 1.80. The van der Waals surface area contributed by atoms with Crippen LogP contribution >= 0.6 is 0 Å². The number of carbonyl (C=O) groups excluding carboxylic acids is 1. The Morgan fingerprint density at radius 2 is 2.00 bits per heavy atom. The number of aromatic nitrogens is 2. The molecule has 21 heavy (non-hydrogen) atoms. The summed E-state index contributed by atoms with van der Waals surface area (Å²) in [6.07, 6.45) is 5.17. The number of para-hydroxylation sites is 2. The highest BCUT2D eigenvalue weighted by Crippen LogP contribution is 2.23. The Hall–Kier alpha value is -2.01. The summed E-state index contributed by atoms with van der Waals surface area (Å²) < 4.78 is 0. The van der Waals surface area contributed by atoms with Gasteiger partial charge in [-0.25, -0.2) is 4.98 Å². The normalized spacial score (nSPS) is 22.1. The summed E-state index contributed by atoms with van der Waals surface area (Å²) in [7, 11) is 0. The van der Waals surface area contributed by atoms with Gasteiger partial charge in [0.1, 0.15) is 5.69 Å². The zero-order chi connectivity index (χ0) is 14.7. The molecule has 1 fully saturated rings. The molecule has 110 valence electrons. The maximum absolute atomic E-state index is 12.1. The molecule has 2 N–H and O–H groups in total. The van der Waals surface area contributed by atoms with Gasteiger partial charge in [-0.2, -0.15) is 0 Å². The Balaban J connectivity index is 1.66. The molecule has 1 amide bonds. The molecule has 0 saturated heterocycles. The van der Waals surface area contributed by atoms with Crippen molar-refractivity contribution in [3.8, 4) is 0 Å². The minimum atomic E-state index is -0.304. The number of benzene rings is 1. The molecule has 0 radical (unpaired) electrons. The molecule has 1 aliphatic rings. The Morgan fingerprint density at radius 3 is 2.81 bits per heavy atom. The van der Waals surface area contributed by atoms with Crippen LogP contribution in [0, 0.1) is 5.92 Å². The van der Waals surface area contributed by atoms with E-state index >= 15 is 0 Å². The first-order chi connectivity index (χ1) is 10.2. The first-order valence-electron chi connectivity index (χ1n) is 7.42. The number of nitrogens with one attached hydrogen (secondary N) is 1. The quantitative estimate of drug-likeness (QED) is 0.903. The summed E-state index contributed by atoms with van der Waals surface area (Å²) in [4.78, 5) is 20.7. The zero-order valence-electron chi connectivity index (χ0n) is 11.8. The van der Waals surface area contributed by atoms with Crippen molar-refractivity contribution < 1.29 is 9.90 Å². The molecular weight excluding hydrogens is 266 g/mol. The first kappa shape index (κ1) is 13.9. The number of hydrogen-bond donors (Lipinski definition) is 2. The first-order valence-corrected chi connectivity index (χ1v) is 7.42. The van der Waals surface area contributed by atoms with Crippen molar-refractivity contribution in [1.29, 1.82) is 0 Å². The Labute approximate surface area is 123 Å². The van der Waals surface area contributed by atoms with Gasteiger partial charge in [0.25, 0.3) is 5.91 Å². The molecule has 5 nitrogen and oxygen atoms in total. The fraction of sp³-hybridized carbons (Fsp3) is 0.438. The average molecular weight is 285 g/mol. The lowest BCUT2D eigenvalue weighted by atomic mass is 9.86. The van der Waals surface area contributed by atoms with Gasteiger partial charge in [0, 0.05) is 12.5 Å². The van der Waals surface area contributed by atoms with E-state index in [0.717, 1.165) is 31.2 Å². The minimum Gasteiger partial charge on any atom is -0.393 e. The van der Waals surface area contributed by atoms with Crippen molar-refractivity contribution >= 4 is 16.9 Å². The van der Waals surface area contributed by atoms with Crippen molar-refractivity contribution in [3.05, 3.63) is 36.2 Å². The summed E-state index contributed by atoms with van der Waals surface area (Å²) in [5, 5.41) is 12.8. The van der Waals surface area contributed by atoms with Crippen molar-refractivity contribution in [2.45, 2.75) is 31.8 Å². The smallest absolute Gasteiger partial charge is 0.271 e. The largest absolute Gasteiger partial charge is 0.393 e. The molecule has 1 aliphatic carbocycles. The fourth-order valence-corrected chi connectivity index (χ4v) is 2.81. The zero-order valence-corrected chi connectivity index (χ0v) is 11.8. The van der Waals surface area contributed by atoms with Gasteiger partial charge in [-0.1, -0.05) is 25.0 Å². The van der Waals surface area contributed by atoms with Crippen molar-refractivity contribution in [3.63, 3.8) is 0 Å². The number of aliphatic hydroxyl groups excluding tert-OH is 1. The Bertz CT molecular complexity index is 644. The molecule has 1 aromatic carbocycles. The molecule has 2 aromatic rings. The highest BCUT2D eigenvalue weighted by molar-refractivity contribution is 5.93. The van der Waals surface area contributed by atoms with Crippen LogP contribution in [0.2, 0.25) is 0 Å². The van der Waals surface area contributed by atoms with E-state index in [4.69, 9.17) is 0 Å². The second-order valence-corrected chi connectivity index (χ2v) is 5.57. The Kier molecular flexibility index (Phi) is 4.10. The molecule has 0 bridgehead atoms. The summed E-state index contributed by atoms with van der Waals surface area (Å²) in [6.45, 7) is 0.495. The number of nitrogens with zero attached hydrogens (tertiary/aromatic N) is 2. The molecule has 1 saturated carbocycles. The third-order valence-corrected chi connectivity index (χ3v) is 4.07. The topological polar surface area (TPSA) is 75.1 Å². The molecular formula is C16H19N3O2. The third kappa shape index (κ3) is 3.19. The van der Waals surface area contributed by atoms with Crippen LogP contribution in [0.3, 0.4) is 0 Å². The van der Waals surface area contributed by atoms with Crippen molar-refractivity contribution in [2.75, 3.05) is 6.54 Å². The number of aliphatic hydroxyl groups is 1. The van der Waals surface area contributed by atoms with Crippen LogP contribution in [-0.4, -0.2) is 33.6 Å². The van der Waals surface area contributed by atoms with Gasteiger partial charge in [0.15, 0.2) is 0 Å². The molecule has 2 atom stereocenters. The minimum absolute atomic E-state index is 0.149. The van der Waals surface area contributed by atoms with Gasteiger partial charge >= 0.3 is 0 Å². The van der Waals surface area contributed by atoms with E-state index in [1.807, 2.05) is 24.3 Å². The number of hydrogen-bond acceptors (Lipinski definition) is 4. The number of rotatable bonds is 3. The second-order valence-electron chi connectivity index (χ2n) is 5.57. The maximum atomic E-state index is 12.1. The van der Waals surface area contributed by atoms with Gasteiger partial charge in [-0.15, -0.1) is 0 Å².